The molecule has 13 nitrogen and oxygen atoms in total. The molecule has 3 rings (SSSR count). The molecule has 1 saturated heterocycles. The summed E-state index contributed by atoms with van der Waals surface area (Å²) in [5.41, 5.74) is 2.02. The van der Waals surface area contributed by atoms with Crippen molar-refractivity contribution >= 4 is 44.9 Å². The lowest BCUT2D eigenvalue weighted by molar-refractivity contribution is 0.129. The van der Waals surface area contributed by atoms with Gasteiger partial charge in [-0.2, -0.15) is 0 Å². The maximum Gasteiger partial charge on any atom is 0.411 e. The number of piperidine rings is 1. The number of nitrogens with zero attached hydrogens (tertiary/aromatic N) is 2. The second-order valence-corrected chi connectivity index (χ2v) is 15.0. The van der Waals surface area contributed by atoms with Crippen LogP contribution in [0.3, 0.4) is 0 Å². The van der Waals surface area contributed by atoms with Crippen molar-refractivity contribution in [3.8, 4) is 5.75 Å². The van der Waals surface area contributed by atoms with Crippen molar-refractivity contribution in [2.24, 2.45) is 10.9 Å². The van der Waals surface area contributed by atoms with Crippen LogP contribution in [0.25, 0.3) is 5.57 Å². The fourth-order valence-electron chi connectivity index (χ4n) is 5.08. The highest BCUT2D eigenvalue weighted by molar-refractivity contribution is 7.89. The van der Waals surface area contributed by atoms with Crippen LogP contribution in [0.2, 0.25) is 0 Å². The summed E-state index contributed by atoms with van der Waals surface area (Å²) in [5, 5.41) is 8.62. The van der Waals surface area contributed by atoms with Gasteiger partial charge in [0, 0.05) is 23.5 Å². The van der Waals surface area contributed by atoms with E-state index < -0.39 is 27.7 Å². The molecule has 1 aromatic carbocycles. The van der Waals surface area contributed by atoms with Crippen LogP contribution in [0.4, 0.5) is 21.0 Å². The van der Waals surface area contributed by atoms with Gasteiger partial charge in [0.05, 0.1) is 42.3 Å². The van der Waals surface area contributed by atoms with Crippen molar-refractivity contribution < 1.29 is 32.2 Å². The van der Waals surface area contributed by atoms with E-state index in [1.807, 2.05) is 0 Å². The van der Waals surface area contributed by atoms with Crippen LogP contribution in [0, 0.1) is 5.92 Å². The van der Waals surface area contributed by atoms with Gasteiger partial charge in [-0.05, 0) is 110 Å². The molecule has 0 radical (unpaired) electrons. The Balaban J connectivity index is 1.97. The largest absolute Gasteiger partial charge is 0.494 e. The van der Waals surface area contributed by atoms with Crippen LogP contribution in [-0.2, 0) is 19.5 Å². The summed E-state index contributed by atoms with van der Waals surface area (Å²) in [6.45, 7) is 14.7. The number of carbonyl (C=O) groups excluding carboxylic acids is 2. The topological polar surface area (TPSA) is 169 Å². The van der Waals surface area contributed by atoms with E-state index in [-0.39, 0.29) is 22.6 Å². The van der Waals surface area contributed by atoms with Gasteiger partial charge in [-0.15, -0.1) is 0 Å². The molecule has 0 bridgehead atoms. The fraction of sp³-hybridized carbons (Fsp3) is 0.543. The molecule has 1 fully saturated rings. The van der Waals surface area contributed by atoms with Crippen LogP contribution in [0.1, 0.15) is 91.8 Å². The quantitative estimate of drug-likeness (QED) is 0.156. The van der Waals surface area contributed by atoms with Gasteiger partial charge in [-0.1, -0.05) is 19.4 Å². The molecule has 0 spiro atoms. The number of benzene rings is 1. The van der Waals surface area contributed by atoms with E-state index in [1.54, 1.807) is 65.9 Å². The number of ether oxygens (including phenoxy) is 3. The summed E-state index contributed by atoms with van der Waals surface area (Å²) >= 11 is 0. The first kappa shape index (κ1) is 39.4. The first-order valence-electron chi connectivity index (χ1n) is 16.7. The van der Waals surface area contributed by atoms with Gasteiger partial charge in [0.2, 0.25) is 10.0 Å². The maximum absolute atomic E-state index is 13.7. The Morgan fingerprint density at radius 2 is 1.80 bits per heavy atom. The van der Waals surface area contributed by atoms with Crippen molar-refractivity contribution in [3.63, 3.8) is 0 Å². The van der Waals surface area contributed by atoms with E-state index in [0.717, 1.165) is 38.8 Å². The molecule has 1 aliphatic heterocycles. The molecule has 2 amide bonds. The highest BCUT2D eigenvalue weighted by Gasteiger charge is 2.26. The summed E-state index contributed by atoms with van der Waals surface area (Å²) in [5.74, 6) is 0.693. The summed E-state index contributed by atoms with van der Waals surface area (Å²) in [6, 6.07) is 6.35. The van der Waals surface area contributed by atoms with Gasteiger partial charge < -0.3 is 19.5 Å². The number of carbonyl (C=O) groups is 2. The van der Waals surface area contributed by atoms with Crippen molar-refractivity contribution in [2.75, 3.05) is 37.4 Å². The zero-order chi connectivity index (χ0) is 36.2. The van der Waals surface area contributed by atoms with Crippen LogP contribution < -0.4 is 25.4 Å². The first-order valence-corrected chi connectivity index (χ1v) is 18.2. The Morgan fingerprint density at radius 1 is 1.10 bits per heavy atom. The predicted octanol–water partition coefficient (Wildman–Crippen LogP) is 6.71. The molecule has 0 saturated carbocycles. The smallest absolute Gasteiger partial charge is 0.411 e. The van der Waals surface area contributed by atoms with Gasteiger partial charge >= 0.3 is 12.2 Å². The highest BCUT2D eigenvalue weighted by atomic mass is 32.2. The molecule has 0 aliphatic carbocycles. The van der Waals surface area contributed by atoms with Crippen LogP contribution in [0.5, 0.6) is 5.75 Å². The van der Waals surface area contributed by atoms with E-state index in [1.165, 1.54) is 19.4 Å². The molecule has 1 aromatic heterocycles. The van der Waals surface area contributed by atoms with Gasteiger partial charge in [0.1, 0.15) is 11.4 Å². The Labute approximate surface area is 290 Å². The van der Waals surface area contributed by atoms with E-state index in [0.29, 0.717) is 47.0 Å². The zero-order valence-corrected chi connectivity index (χ0v) is 30.8. The molecule has 1 aliphatic rings. The van der Waals surface area contributed by atoms with Crippen LogP contribution in [-0.4, -0.2) is 69.7 Å². The summed E-state index contributed by atoms with van der Waals surface area (Å²) in [7, 11) is -2.53. The molecule has 14 heteroatoms. The van der Waals surface area contributed by atoms with Crippen molar-refractivity contribution in [1.82, 2.24) is 15.0 Å². The number of allylic oxidation sites excluding steroid dienone is 1. The normalized spacial score (nSPS) is 14.8. The van der Waals surface area contributed by atoms with Crippen molar-refractivity contribution in [3.05, 3.63) is 47.9 Å². The Hall–Kier alpha value is -4.01. The Bertz CT molecular complexity index is 1610. The van der Waals surface area contributed by atoms with Crippen molar-refractivity contribution in [2.45, 2.75) is 97.1 Å². The minimum Gasteiger partial charge on any atom is -0.494 e. The molecule has 0 unspecified atom stereocenters. The minimum atomic E-state index is -4.03. The number of aromatic nitrogens is 1. The summed E-state index contributed by atoms with van der Waals surface area (Å²) < 4.78 is 46.4. The molecular weight excluding hydrogens is 648 g/mol. The number of pyridine rings is 1. The summed E-state index contributed by atoms with van der Waals surface area (Å²) in [6.07, 6.45) is 5.73. The van der Waals surface area contributed by atoms with Crippen LogP contribution in [0.15, 0.2) is 46.6 Å². The minimum absolute atomic E-state index is 0.0166. The number of anilines is 2. The van der Waals surface area contributed by atoms with Gasteiger partial charge in [0.15, 0.2) is 0 Å². The average Bonchev–Trinajstić information content (AvgIpc) is 3.03. The van der Waals surface area contributed by atoms with Gasteiger partial charge in [-0.25, -0.2) is 27.7 Å². The lowest BCUT2D eigenvalue weighted by Crippen LogP contribution is -2.40. The molecule has 0 atom stereocenters. The number of sulfonamides is 1. The second-order valence-electron chi connectivity index (χ2n) is 13.3. The average molecular weight is 701 g/mol. The third kappa shape index (κ3) is 12.8. The number of aliphatic imine (C=N–C) groups is 1. The SMILES string of the molecule is CCCCC(=N/C=C(\C)c1ccc(NC(=O)OCC2CCNCC2)cc1S(=O)(=O)NC(C)(C)C)c1ncc(NC(=O)OC(C)C)cc1OC. The standard InChI is InChI=1S/C35H52N6O7S/c1-9-10-11-29(32-30(46-8)18-27(21-38-32)40-34(43)48-23(2)3)37-20-24(4)28-13-12-26(19-31(28)49(44,45)41-35(5,6)7)39-33(42)47-22-25-14-16-36-17-15-25/h12-13,18-21,23,25,36,41H,9-11,14-17,22H2,1-8H3,(H,39,42)(H,40,43)/b24-20+,37-29?. The van der Waals surface area contributed by atoms with Crippen molar-refractivity contribution in [1.29, 1.82) is 0 Å². The lowest BCUT2D eigenvalue weighted by atomic mass is 9.99. The number of rotatable bonds is 14. The van der Waals surface area contributed by atoms with E-state index in [4.69, 9.17) is 19.2 Å². The highest BCUT2D eigenvalue weighted by Crippen LogP contribution is 2.29. The van der Waals surface area contributed by atoms with E-state index >= 15 is 0 Å². The lowest BCUT2D eigenvalue weighted by Gasteiger charge is -2.23. The number of amides is 2. The zero-order valence-electron chi connectivity index (χ0n) is 29.9. The first-order chi connectivity index (χ1) is 23.1. The molecule has 2 heterocycles. The molecular formula is C35H52N6O7S. The molecule has 4 N–H and O–H groups in total. The number of hydrogen-bond donors (Lipinski definition) is 4. The Morgan fingerprint density at radius 3 is 2.43 bits per heavy atom. The number of unbranched alkanes of at least 4 members (excludes halogenated alkanes) is 1. The fourth-order valence-corrected chi connectivity index (χ4v) is 6.80. The predicted molar refractivity (Wildman–Crippen MR) is 193 cm³/mol. The number of hydrogen-bond acceptors (Lipinski definition) is 10. The van der Waals surface area contributed by atoms with E-state index in [9.17, 15) is 18.0 Å². The Kier molecular flexibility index (Phi) is 14.6. The molecule has 270 valence electrons. The second kappa shape index (κ2) is 18.1. The summed E-state index contributed by atoms with van der Waals surface area (Å²) in [4.78, 5) is 34.1. The third-order valence-corrected chi connectivity index (χ3v) is 9.21. The monoisotopic (exact) mass is 700 g/mol. The van der Waals surface area contributed by atoms with Gasteiger partial charge in [-0.3, -0.25) is 15.6 Å². The maximum atomic E-state index is 13.7. The number of methoxy groups -OCH3 is 1. The van der Waals surface area contributed by atoms with Gasteiger partial charge in [0.25, 0.3) is 0 Å². The van der Waals surface area contributed by atoms with Crippen LogP contribution >= 0.6 is 0 Å². The number of nitrogens with one attached hydrogen (secondary N) is 4. The molecule has 2 aromatic rings. The molecule has 49 heavy (non-hydrogen) atoms. The third-order valence-electron chi connectivity index (χ3n) is 7.41. The van der Waals surface area contributed by atoms with E-state index in [2.05, 4.69) is 32.6 Å².